The summed E-state index contributed by atoms with van der Waals surface area (Å²) in [6.07, 6.45) is 2.10. The Morgan fingerprint density at radius 2 is 1.87 bits per heavy atom. The summed E-state index contributed by atoms with van der Waals surface area (Å²) < 4.78 is 11.0. The lowest BCUT2D eigenvalue weighted by Gasteiger charge is -2.12. The van der Waals surface area contributed by atoms with Crippen LogP contribution in [0.15, 0.2) is 59.1 Å². The molecule has 0 bridgehead atoms. The average Bonchev–Trinajstić information content (AvgIpc) is 3.01. The van der Waals surface area contributed by atoms with Crippen LogP contribution in [0, 0.1) is 0 Å². The lowest BCUT2D eigenvalue weighted by Crippen LogP contribution is -1.98. The van der Waals surface area contributed by atoms with Gasteiger partial charge in [-0.25, -0.2) is 0 Å². The molecule has 2 aromatic carbocycles. The van der Waals surface area contributed by atoms with Gasteiger partial charge in [-0.1, -0.05) is 54.9 Å². The van der Waals surface area contributed by atoms with Gasteiger partial charge in [0.05, 0.1) is 0 Å². The third-order valence-electron chi connectivity index (χ3n) is 3.62. The summed E-state index contributed by atoms with van der Waals surface area (Å²) in [4.78, 5) is 0. The van der Waals surface area contributed by atoms with E-state index in [1.807, 2.05) is 36.4 Å². The van der Waals surface area contributed by atoms with Gasteiger partial charge in [-0.3, -0.25) is 0 Å². The zero-order valence-electron chi connectivity index (χ0n) is 13.2. The topological polar surface area (TPSA) is 61.3 Å². The van der Waals surface area contributed by atoms with Gasteiger partial charge in [-0.15, -0.1) is 0 Å². The second-order valence-electron chi connectivity index (χ2n) is 5.47. The third-order valence-corrected chi connectivity index (χ3v) is 3.62. The van der Waals surface area contributed by atoms with Gasteiger partial charge in [-0.05, 0) is 29.7 Å². The number of rotatable bonds is 6. The molecule has 0 aliphatic heterocycles. The molecule has 3 rings (SSSR count). The van der Waals surface area contributed by atoms with Crippen LogP contribution in [0.1, 0.15) is 24.5 Å². The third kappa shape index (κ3) is 3.72. The Bertz CT molecular complexity index is 766. The molecule has 23 heavy (non-hydrogen) atoms. The van der Waals surface area contributed by atoms with Crippen LogP contribution in [-0.4, -0.2) is 5.16 Å². The van der Waals surface area contributed by atoms with Crippen molar-refractivity contribution >= 4 is 5.88 Å². The Morgan fingerprint density at radius 3 is 2.57 bits per heavy atom. The van der Waals surface area contributed by atoms with E-state index in [2.05, 4.69) is 24.2 Å². The summed E-state index contributed by atoms with van der Waals surface area (Å²) in [6.45, 7) is 2.67. The van der Waals surface area contributed by atoms with Gasteiger partial charge in [0.2, 0.25) is 5.88 Å². The van der Waals surface area contributed by atoms with Crippen molar-refractivity contribution in [2.75, 3.05) is 5.73 Å². The van der Waals surface area contributed by atoms with Crippen molar-refractivity contribution in [1.29, 1.82) is 0 Å². The van der Waals surface area contributed by atoms with Gasteiger partial charge in [0.25, 0.3) is 0 Å². The van der Waals surface area contributed by atoms with E-state index in [4.69, 9.17) is 15.0 Å². The van der Waals surface area contributed by atoms with Crippen LogP contribution in [0.4, 0.5) is 5.88 Å². The summed E-state index contributed by atoms with van der Waals surface area (Å²) in [6, 6.07) is 18.0. The van der Waals surface area contributed by atoms with Gasteiger partial charge in [0.1, 0.15) is 18.1 Å². The number of benzene rings is 2. The molecule has 0 unspecified atom stereocenters. The van der Waals surface area contributed by atoms with Crippen LogP contribution in [0.25, 0.3) is 11.3 Å². The zero-order chi connectivity index (χ0) is 16.1. The predicted molar refractivity (Wildman–Crippen MR) is 91.1 cm³/mol. The smallest absolute Gasteiger partial charge is 0.222 e. The quantitative estimate of drug-likeness (QED) is 0.730. The van der Waals surface area contributed by atoms with E-state index in [1.165, 1.54) is 5.56 Å². The van der Waals surface area contributed by atoms with Crippen LogP contribution in [-0.2, 0) is 13.0 Å². The highest BCUT2D eigenvalue weighted by atomic mass is 16.5. The van der Waals surface area contributed by atoms with Crippen LogP contribution in [0.5, 0.6) is 5.75 Å². The average molecular weight is 308 g/mol. The lowest BCUT2D eigenvalue weighted by molar-refractivity contribution is 0.307. The van der Waals surface area contributed by atoms with Crippen LogP contribution >= 0.6 is 0 Å². The predicted octanol–water partition coefficient (Wildman–Crippen LogP) is 4.46. The first kappa shape index (κ1) is 15.2. The maximum Gasteiger partial charge on any atom is 0.222 e. The minimum absolute atomic E-state index is 0.301. The summed E-state index contributed by atoms with van der Waals surface area (Å²) in [5.41, 5.74) is 9.63. The first-order valence-electron chi connectivity index (χ1n) is 7.78. The Balaban J connectivity index is 1.89. The van der Waals surface area contributed by atoms with Crippen molar-refractivity contribution in [3.63, 3.8) is 0 Å². The number of nitrogen functional groups attached to an aromatic ring is 1. The summed E-state index contributed by atoms with van der Waals surface area (Å²) in [5.74, 6) is 1.08. The molecular weight excluding hydrogens is 288 g/mol. The molecule has 0 aliphatic rings. The number of nitrogens with two attached hydrogens (primary N) is 1. The fourth-order valence-electron chi connectivity index (χ4n) is 2.50. The van der Waals surface area contributed by atoms with Crippen molar-refractivity contribution in [3.05, 3.63) is 65.7 Å². The van der Waals surface area contributed by atoms with E-state index in [1.54, 1.807) is 6.07 Å². The molecule has 1 aromatic heterocycles. The molecule has 0 saturated heterocycles. The van der Waals surface area contributed by atoms with E-state index in [9.17, 15) is 0 Å². The molecule has 4 nitrogen and oxygen atoms in total. The first-order valence-corrected chi connectivity index (χ1v) is 7.78. The minimum atomic E-state index is 0.301. The Morgan fingerprint density at radius 1 is 1.04 bits per heavy atom. The molecule has 2 N–H and O–H groups in total. The molecular formula is C19H20N2O2. The van der Waals surface area contributed by atoms with Crippen LogP contribution in [0.3, 0.4) is 0 Å². The second-order valence-corrected chi connectivity index (χ2v) is 5.47. The molecule has 0 atom stereocenters. The standard InChI is InChI=1S/C19H20N2O2/c1-2-6-14-9-10-18(22-13-15-7-4-3-5-8-15)16(11-14)17-12-19(20)23-21-17/h3-5,7-12H,2,6,13,20H2,1H3. The fourth-order valence-corrected chi connectivity index (χ4v) is 2.50. The van der Waals surface area contributed by atoms with Crippen molar-refractivity contribution in [2.24, 2.45) is 0 Å². The van der Waals surface area contributed by atoms with E-state index >= 15 is 0 Å². The molecule has 1 heterocycles. The van der Waals surface area contributed by atoms with Crippen molar-refractivity contribution in [3.8, 4) is 17.0 Å². The number of aromatic nitrogens is 1. The van der Waals surface area contributed by atoms with Gasteiger partial charge >= 0.3 is 0 Å². The monoisotopic (exact) mass is 308 g/mol. The highest BCUT2D eigenvalue weighted by molar-refractivity contribution is 5.69. The number of aryl methyl sites for hydroxylation is 1. The Hall–Kier alpha value is -2.75. The number of ether oxygens (including phenoxy) is 1. The number of anilines is 1. The van der Waals surface area contributed by atoms with Gasteiger partial charge in [0, 0.05) is 11.6 Å². The summed E-state index contributed by atoms with van der Waals surface area (Å²) in [5, 5.41) is 4.02. The first-order chi connectivity index (χ1) is 11.3. The molecule has 0 spiro atoms. The van der Waals surface area contributed by atoms with E-state index in [0.717, 1.165) is 29.7 Å². The Labute approximate surface area is 135 Å². The SMILES string of the molecule is CCCc1ccc(OCc2ccccc2)c(-c2cc(N)on2)c1. The zero-order valence-corrected chi connectivity index (χ0v) is 13.2. The van der Waals surface area contributed by atoms with Gasteiger partial charge < -0.3 is 15.0 Å². The molecule has 0 radical (unpaired) electrons. The molecule has 0 saturated carbocycles. The summed E-state index contributed by atoms with van der Waals surface area (Å²) >= 11 is 0. The van der Waals surface area contributed by atoms with E-state index < -0.39 is 0 Å². The van der Waals surface area contributed by atoms with Crippen LogP contribution < -0.4 is 10.5 Å². The Kier molecular flexibility index (Phi) is 4.62. The molecule has 0 aliphatic carbocycles. The molecule has 118 valence electrons. The highest BCUT2D eigenvalue weighted by Gasteiger charge is 2.12. The number of hydrogen-bond acceptors (Lipinski definition) is 4. The summed E-state index contributed by atoms with van der Waals surface area (Å²) in [7, 11) is 0. The highest BCUT2D eigenvalue weighted by Crippen LogP contribution is 2.32. The molecule has 0 amide bonds. The maximum absolute atomic E-state index is 6.00. The normalized spacial score (nSPS) is 10.7. The van der Waals surface area contributed by atoms with E-state index in [0.29, 0.717) is 18.2 Å². The second kappa shape index (κ2) is 7.01. The van der Waals surface area contributed by atoms with Crippen molar-refractivity contribution in [2.45, 2.75) is 26.4 Å². The minimum Gasteiger partial charge on any atom is -0.488 e. The maximum atomic E-state index is 6.00. The molecule has 4 heteroatoms. The molecule has 3 aromatic rings. The lowest BCUT2D eigenvalue weighted by atomic mass is 10.0. The van der Waals surface area contributed by atoms with Crippen molar-refractivity contribution in [1.82, 2.24) is 5.16 Å². The largest absolute Gasteiger partial charge is 0.488 e. The molecule has 0 fully saturated rings. The number of hydrogen-bond donors (Lipinski definition) is 1. The van der Waals surface area contributed by atoms with Gasteiger partial charge in [-0.2, -0.15) is 0 Å². The number of nitrogens with zero attached hydrogens (tertiary/aromatic N) is 1. The van der Waals surface area contributed by atoms with Crippen LogP contribution in [0.2, 0.25) is 0 Å². The van der Waals surface area contributed by atoms with Gasteiger partial charge in [0.15, 0.2) is 0 Å². The van der Waals surface area contributed by atoms with Crippen molar-refractivity contribution < 1.29 is 9.26 Å². The fraction of sp³-hybridized carbons (Fsp3) is 0.211. The van der Waals surface area contributed by atoms with E-state index in [-0.39, 0.29) is 0 Å².